The van der Waals surface area contributed by atoms with Crippen LogP contribution in [0.2, 0.25) is 0 Å². The number of imide groups is 1. The third-order valence-electron chi connectivity index (χ3n) is 4.02. The Bertz CT molecular complexity index is 678. The molecular formula is C16H17N3O2. The Hall–Kier alpha value is -2.43. The molecule has 108 valence electrons. The summed E-state index contributed by atoms with van der Waals surface area (Å²) < 4.78 is 0. The molecule has 21 heavy (non-hydrogen) atoms. The molecule has 2 amide bonds. The highest BCUT2D eigenvalue weighted by atomic mass is 16.2. The zero-order valence-electron chi connectivity index (χ0n) is 12.3. The second-order valence-electron chi connectivity index (χ2n) is 5.33. The Morgan fingerprint density at radius 1 is 1.14 bits per heavy atom. The third-order valence-corrected chi connectivity index (χ3v) is 4.02. The molecule has 1 aromatic heterocycles. The van der Waals surface area contributed by atoms with Gasteiger partial charge in [0.2, 0.25) is 0 Å². The van der Waals surface area contributed by atoms with Crippen molar-refractivity contribution in [1.82, 2.24) is 14.9 Å². The van der Waals surface area contributed by atoms with Gasteiger partial charge in [-0.1, -0.05) is 19.1 Å². The number of nitrogens with zero attached hydrogens (tertiary/aromatic N) is 2. The number of benzene rings is 1. The number of rotatable bonds is 3. The molecule has 0 saturated carbocycles. The molecule has 5 nitrogen and oxygen atoms in total. The number of fused-ring (bicyclic) bond motifs is 1. The summed E-state index contributed by atoms with van der Waals surface area (Å²) in [5.41, 5.74) is 2.74. The SMILES string of the molecule is CCC(c1ncc[nH]1)N1C(=O)c2c(C)ccc(C)c2C1=O. The van der Waals surface area contributed by atoms with Crippen molar-refractivity contribution in [3.05, 3.63) is 52.6 Å². The number of nitrogens with one attached hydrogen (secondary N) is 1. The van der Waals surface area contributed by atoms with Gasteiger partial charge in [-0.15, -0.1) is 0 Å². The van der Waals surface area contributed by atoms with Crippen molar-refractivity contribution in [2.45, 2.75) is 33.2 Å². The predicted octanol–water partition coefficient (Wildman–Crippen LogP) is 2.77. The van der Waals surface area contributed by atoms with Crippen LogP contribution in [0.4, 0.5) is 0 Å². The lowest BCUT2D eigenvalue weighted by molar-refractivity contribution is 0.0570. The molecule has 1 aliphatic rings. The molecule has 1 atom stereocenters. The summed E-state index contributed by atoms with van der Waals surface area (Å²) in [5, 5.41) is 0. The van der Waals surface area contributed by atoms with E-state index >= 15 is 0 Å². The van der Waals surface area contributed by atoms with Crippen LogP contribution >= 0.6 is 0 Å². The first-order valence-electron chi connectivity index (χ1n) is 7.03. The molecule has 1 N–H and O–H groups in total. The fourth-order valence-electron chi connectivity index (χ4n) is 2.94. The van der Waals surface area contributed by atoms with Gasteiger partial charge in [-0.05, 0) is 31.4 Å². The number of hydrogen-bond acceptors (Lipinski definition) is 3. The van der Waals surface area contributed by atoms with E-state index in [0.29, 0.717) is 23.4 Å². The van der Waals surface area contributed by atoms with Crippen molar-refractivity contribution in [3.63, 3.8) is 0 Å². The minimum absolute atomic E-state index is 0.223. The lowest BCUT2D eigenvalue weighted by Gasteiger charge is -2.23. The van der Waals surface area contributed by atoms with E-state index < -0.39 is 0 Å². The van der Waals surface area contributed by atoms with Crippen LogP contribution in [-0.2, 0) is 0 Å². The Balaban J connectivity index is 2.12. The maximum Gasteiger partial charge on any atom is 0.262 e. The molecule has 2 heterocycles. The summed E-state index contributed by atoms with van der Waals surface area (Å²) in [6.45, 7) is 5.66. The van der Waals surface area contributed by atoms with Gasteiger partial charge in [-0.3, -0.25) is 14.5 Å². The number of aromatic nitrogens is 2. The van der Waals surface area contributed by atoms with Gasteiger partial charge in [0, 0.05) is 12.4 Å². The highest BCUT2D eigenvalue weighted by Crippen LogP contribution is 2.34. The third kappa shape index (κ3) is 1.88. The number of imidazole rings is 1. The van der Waals surface area contributed by atoms with Crippen molar-refractivity contribution < 1.29 is 9.59 Å². The van der Waals surface area contributed by atoms with Gasteiger partial charge in [0.05, 0.1) is 17.2 Å². The summed E-state index contributed by atoms with van der Waals surface area (Å²) in [6.07, 6.45) is 3.95. The molecule has 0 saturated heterocycles. The van der Waals surface area contributed by atoms with Crippen LogP contribution in [0.15, 0.2) is 24.5 Å². The Morgan fingerprint density at radius 3 is 2.14 bits per heavy atom. The molecule has 0 radical (unpaired) electrons. The molecule has 1 aromatic carbocycles. The first-order chi connectivity index (χ1) is 10.1. The zero-order chi connectivity index (χ0) is 15.1. The van der Waals surface area contributed by atoms with Gasteiger partial charge in [-0.2, -0.15) is 0 Å². The quantitative estimate of drug-likeness (QED) is 0.881. The summed E-state index contributed by atoms with van der Waals surface area (Å²) in [6, 6.07) is 3.42. The minimum atomic E-state index is -0.355. The van der Waals surface area contributed by atoms with Crippen LogP contribution in [0, 0.1) is 13.8 Å². The van der Waals surface area contributed by atoms with Gasteiger partial charge >= 0.3 is 0 Å². The maximum absolute atomic E-state index is 12.7. The van der Waals surface area contributed by atoms with E-state index in [-0.39, 0.29) is 17.9 Å². The first-order valence-corrected chi connectivity index (χ1v) is 7.03. The molecule has 5 heteroatoms. The Labute approximate surface area is 123 Å². The van der Waals surface area contributed by atoms with E-state index in [1.165, 1.54) is 4.90 Å². The minimum Gasteiger partial charge on any atom is -0.347 e. The van der Waals surface area contributed by atoms with E-state index in [1.54, 1.807) is 12.4 Å². The number of amides is 2. The van der Waals surface area contributed by atoms with E-state index in [0.717, 1.165) is 11.1 Å². The lowest BCUT2D eigenvalue weighted by atomic mass is 9.99. The van der Waals surface area contributed by atoms with E-state index in [9.17, 15) is 9.59 Å². The summed E-state index contributed by atoms with van der Waals surface area (Å²) in [4.78, 5) is 34.0. The molecule has 2 aromatic rings. The van der Waals surface area contributed by atoms with Crippen molar-refractivity contribution in [2.24, 2.45) is 0 Å². The fraction of sp³-hybridized carbons (Fsp3) is 0.312. The standard InChI is InChI=1S/C16H17N3O2/c1-4-11(14-17-7-8-18-14)19-15(20)12-9(2)5-6-10(3)13(12)16(19)21/h5-8,11H,4H2,1-3H3,(H,17,18). The molecule has 0 bridgehead atoms. The van der Waals surface area contributed by atoms with Gasteiger partial charge in [0.1, 0.15) is 5.82 Å². The second-order valence-corrected chi connectivity index (χ2v) is 5.33. The van der Waals surface area contributed by atoms with Gasteiger partial charge in [-0.25, -0.2) is 4.98 Å². The van der Waals surface area contributed by atoms with Gasteiger partial charge < -0.3 is 4.98 Å². The molecule has 0 spiro atoms. The number of aryl methyl sites for hydroxylation is 2. The number of carbonyl (C=O) groups is 2. The summed E-state index contributed by atoms with van der Waals surface area (Å²) in [5.74, 6) is 0.196. The fourth-order valence-corrected chi connectivity index (χ4v) is 2.94. The van der Waals surface area contributed by atoms with Crippen LogP contribution in [0.3, 0.4) is 0 Å². The van der Waals surface area contributed by atoms with E-state index in [1.807, 2.05) is 32.9 Å². The van der Waals surface area contributed by atoms with Crippen LogP contribution in [0.25, 0.3) is 0 Å². The van der Waals surface area contributed by atoms with Crippen LogP contribution in [0.1, 0.15) is 57.1 Å². The maximum atomic E-state index is 12.7. The number of carbonyl (C=O) groups excluding carboxylic acids is 2. The predicted molar refractivity (Wildman–Crippen MR) is 78.0 cm³/mol. The van der Waals surface area contributed by atoms with Crippen LogP contribution in [-0.4, -0.2) is 26.7 Å². The van der Waals surface area contributed by atoms with Crippen LogP contribution in [0.5, 0.6) is 0 Å². The van der Waals surface area contributed by atoms with Crippen molar-refractivity contribution in [1.29, 1.82) is 0 Å². The lowest BCUT2D eigenvalue weighted by Crippen LogP contribution is -2.34. The van der Waals surface area contributed by atoms with Gasteiger partial charge in [0.15, 0.2) is 0 Å². The molecule has 1 unspecified atom stereocenters. The highest BCUT2D eigenvalue weighted by Gasteiger charge is 2.42. The number of aromatic amines is 1. The van der Waals surface area contributed by atoms with Crippen molar-refractivity contribution in [2.75, 3.05) is 0 Å². The number of hydrogen-bond donors (Lipinski definition) is 1. The van der Waals surface area contributed by atoms with E-state index in [4.69, 9.17) is 0 Å². The van der Waals surface area contributed by atoms with Crippen molar-refractivity contribution >= 4 is 11.8 Å². The molecule has 0 fully saturated rings. The average Bonchev–Trinajstić information content (AvgIpc) is 3.06. The Kier molecular flexibility index (Phi) is 3.12. The smallest absolute Gasteiger partial charge is 0.262 e. The average molecular weight is 283 g/mol. The van der Waals surface area contributed by atoms with Crippen LogP contribution < -0.4 is 0 Å². The first kappa shape index (κ1) is 13.5. The largest absolute Gasteiger partial charge is 0.347 e. The van der Waals surface area contributed by atoms with Crippen molar-refractivity contribution in [3.8, 4) is 0 Å². The highest BCUT2D eigenvalue weighted by molar-refractivity contribution is 6.22. The summed E-state index contributed by atoms with van der Waals surface area (Å²) >= 11 is 0. The summed E-state index contributed by atoms with van der Waals surface area (Å²) in [7, 11) is 0. The molecule has 3 rings (SSSR count). The molecule has 1 aliphatic heterocycles. The molecule has 0 aliphatic carbocycles. The topological polar surface area (TPSA) is 66.1 Å². The number of H-pyrrole nitrogens is 1. The normalized spacial score (nSPS) is 15.5. The zero-order valence-corrected chi connectivity index (χ0v) is 12.3. The van der Waals surface area contributed by atoms with Gasteiger partial charge in [0.25, 0.3) is 11.8 Å². The Morgan fingerprint density at radius 2 is 1.71 bits per heavy atom. The molecular weight excluding hydrogens is 266 g/mol. The monoisotopic (exact) mass is 283 g/mol. The van der Waals surface area contributed by atoms with E-state index in [2.05, 4.69) is 9.97 Å². The second kappa shape index (κ2) is 4.84.